The average molecular weight is 453 g/mol. The quantitative estimate of drug-likeness (QED) is 0.676. The van der Waals surface area contributed by atoms with Crippen LogP contribution >= 0.6 is 24.8 Å². The number of likely N-dealkylation sites (tertiary alicyclic amines) is 1. The summed E-state index contributed by atoms with van der Waals surface area (Å²) < 4.78 is 0. The number of halogens is 2. The van der Waals surface area contributed by atoms with Gasteiger partial charge >= 0.3 is 0 Å². The van der Waals surface area contributed by atoms with Gasteiger partial charge in [0.05, 0.1) is 0 Å². The Morgan fingerprint density at radius 3 is 2.40 bits per heavy atom. The van der Waals surface area contributed by atoms with Crippen LogP contribution in [0.25, 0.3) is 0 Å². The molecule has 0 aliphatic carbocycles. The van der Waals surface area contributed by atoms with E-state index >= 15 is 0 Å². The maximum absolute atomic E-state index is 13.2. The zero-order valence-corrected chi connectivity index (χ0v) is 18.8. The summed E-state index contributed by atoms with van der Waals surface area (Å²) in [5.41, 5.74) is 1.48. The van der Waals surface area contributed by atoms with Gasteiger partial charge in [-0.1, -0.05) is 24.3 Å². The number of rotatable bonds is 7. The zero-order chi connectivity index (χ0) is 19.8. The fraction of sp³-hybridized carbons (Fsp3) is 0.409. The largest absolute Gasteiger partial charge is 0.341 e. The van der Waals surface area contributed by atoms with E-state index in [0.717, 1.165) is 38.0 Å². The average Bonchev–Trinajstić information content (AvgIpc) is 2.75. The minimum Gasteiger partial charge on any atom is -0.341 e. The van der Waals surface area contributed by atoms with Crippen molar-refractivity contribution in [3.63, 3.8) is 0 Å². The van der Waals surface area contributed by atoms with Crippen molar-refractivity contribution in [2.24, 2.45) is 5.92 Å². The first-order chi connectivity index (χ1) is 13.7. The summed E-state index contributed by atoms with van der Waals surface area (Å²) in [6, 6.07) is 12.2. The lowest BCUT2D eigenvalue weighted by Crippen LogP contribution is -2.52. The van der Waals surface area contributed by atoms with Crippen molar-refractivity contribution in [3.8, 4) is 0 Å². The standard InChI is InChI=1S/C22H28N4O2.2ClH/c1-23-15-17-9-12-26(13-10-17)22(28)20(14-18-6-5-11-24-16-18)25-21(27)19-7-3-2-4-8-19;;/h2-8,11,16-17,20,23H,9-10,12-15H2,1H3,(H,25,27);2*1H. The highest BCUT2D eigenvalue weighted by molar-refractivity contribution is 5.97. The van der Waals surface area contributed by atoms with Gasteiger partial charge in [0, 0.05) is 37.5 Å². The number of amides is 2. The Morgan fingerprint density at radius 2 is 1.80 bits per heavy atom. The van der Waals surface area contributed by atoms with Crippen molar-refractivity contribution in [1.29, 1.82) is 0 Å². The summed E-state index contributed by atoms with van der Waals surface area (Å²) in [5.74, 6) is 0.355. The van der Waals surface area contributed by atoms with Gasteiger partial charge in [-0.15, -0.1) is 24.8 Å². The van der Waals surface area contributed by atoms with E-state index in [-0.39, 0.29) is 36.6 Å². The van der Waals surface area contributed by atoms with Crippen LogP contribution in [0.3, 0.4) is 0 Å². The van der Waals surface area contributed by atoms with Gasteiger partial charge in [-0.05, 0) is 56.1 Å². The van der Waals surface area contributed by atoms with Gasteiger partial charge in [0.15, 0.2) is 0 Å². The van der Waals surface area contributed by atoms with Crippen LogP contribution in [0, 0.1) is 5.92 Å². The second-order valence-corrected chi connectivity index (χ2v) is 7.28. The number of benzene rings is 1. The highest BCUT2D eigenvalue weighted by Gasteiger charge is 2.29. The van der Waals surface area contributed by atoms with Crippen molar-refractivity contribution in [2.75, 3.05) is 26.7 Å². The lowest BCUT2D eigenvalue weighted by atomic mass is 9.95. The van der Waals surface area contributed by atoms with Crippen LogP contribution in [0.4, 0.5) is 0 Å². The number of pyridine rings is 1. The van der Waals surface area contributed by atoms with Gasteiger partial charge in [-0.3, -0.25) is 14.6 Å². The van der Waals surface area contributed by atoms with Gasteiger partial charge in [0.1, 0.15) is 6.04 Å². The summed E-state index contributed by atoms with van der Waals surface area (Å²) in [4.78, 5) is 31.9. The Morgan fingerprint density at radius 1 is 1.10 bits per heavy atom. The highest BCUT2D eigenvalue weighted by Crippen LogP contribution is 2.18. The molecule has 1 aliphatic heterocycles. The van der Waals surface area contributed by atoms with Crippen LogP contribution in [-0.4, -0.2) is 54.4 Å². The van der Waals surface area contributed by atoms with Crippen LogP contribution in [0.5, 0.6) is 0 Å². The van der Waals surface area contributed by atoms with E-state index in [1.165, 1.54) is 0 Å². The van der Waals surface area contributed by atoms with E-state index in [0.29, 0.717) is 17.9 Å². The molecule has 30 heavy (non-hydrogen) atoms. The first-order valence-electron chi connectivity index (χ1n) is 9.85. The molecule has 2 aromatic rings. The number of nitrogens with zero attached hydrogens (tertiary/aromatic N) is 2. The SMILES string of the molecule is CNCC1CCN(C(=O)C(Cc2cccnc2)NC(=O)c2ccccc2)CC1.Cl.Cl. The molecule has 1 unspecified atom stereocenters. The van der Waals surface area contributed by atoms with Gasteiger partial charge in [-0.25, -0.2) is 0 Å². The predicted molar refractivity (Wildman–Crippen MR) is 123 cm³/mol. The minimum atomic E-state index is -0.599. The Bertz CT molecular complexity index is 769. The first-order valence-corrected chi connectivity index (χ1v) is 9.85. The van der Waals surface area contributed by atoms with Crippen molar-refractivity contribution in [2.45, 2.75) is 25.3 Å². The number of hydrogen-bond donors (Lipinski definition) is 2. The van der Waals surface area contributed by atoms with E-state index < -0.39 is 6.04 Å². The molecule has 6 nitrogen and oxygen atoms in total. The van der Waals surface area contributed by atoms with Crippen LogP contribution < -0.4 is 10.6 Å². The molecule has 0 radical (unpaired) electrons. The molecule has 1 fully saturated rings. The third kappa shape index (κ3) is 7.27. The third-order valence-electron chi connectivity index (χ3n) is 5.22. The molecule has 0 saturated carbocycles. The summed E-state index contributed by atoms with van der Waals surface area (Å²) in [7, 11) is 1.96. The van der Waals surface area contributed by atoms with E-state index in [4.69, 9.17) is 0 Å². The van der Waals surface area contributed by atoms with Crippen molar-refractivity contribution in [1.82, 2.24) is 20.5 Å². The fourth-order valence-electron chi connectivity index (χ4n) is 3.65. The summed E-state index contributed by atoms with van der Waals surface area (Å²) in [6.07, 6.45) is 5.85. The number of hydrogen-bond acceptors (Lipinski definition) is 4. The van der Waals surface area contributed by atoms with E-state index in [2.05, 4.69) is 15.6 Å². The molecule has 2 N–H and O–H groups in total. The lowest BCUT2D eigenvalue weighted by Gasteiger charge is -2.34. The molecule has 1 aromatic heterocycles. The second-order valence-electron chi connectivity index (χ2n) is 7.28. The Balaban J connectivity index is 0.00000225. The molecule has 2 heterocycles. The number of carbonyl (C=O) groups excluding carboxylic acids is 2. The van der Waals surface area contributed by atoms with Gasteiger partial charge in [0.2, 0.25) is 5.91 Å². The Kier molecular flexibility index (Phi) is 11.4. The monoisotopic (exact) mass is 452 g/mol. The fourth-order valence-corrected chi connectivity index (χ4v) is 3.65. The maximum atomic E-state index is 13.2. The van der Waals surface area contributed by atoms with Gasteiger partial charge < -0.3 is 15.5 Å². The molecule has 164 valence electrons. The molecule has 0 spiro atoms. The molecule has 1 aliphatic rings. The second kappa shape index (κ2) is 13.2. The Hall–Kier alpha value is -2.15. The highest BCUT2D eigenvalue weighted by atomic mass is 35.5. The number of piperidine rings is 1. The number of carbonyl (C=O) groups is 2. The number of aromatic nitrogens is 1. The summed E-state index contributed by atoms with van der Waals surface area (Å²) >= 11 is 0. The van der Waals surface area contributed by atoms with Crippen LogP contribution in [0.1, 0.15) is 28.8 Å². The van der Waals surface area contributed by atoms with Crippen LogP contribution in [0.15, 0.2) is 54.9 Å². The maximum Gasteiger partial charge on any atom is 0.251 e. The first kappa shape index (κ1) is 25.9. The van der Waals surface area contributed by atoms with E-state index in [1.54, 1.807) is 24.5 Å². The topological polar surface area (TPSA) is 74.3 Å². The zero-order valence-electron chi connectivity index (χ0n) is 17.1. The van der Waals surface area contributed by atoms with Gasteiger partial charge in [0.25, 0.3) is 5.91 Å². The normalized spacial score (nSPS) is 14.8. The van der Waals surface area contributed by atoms with Crippen molar-refractivity contribution in [3.05, 3.63) is 66.0 Å². The third-order valence-corrected chi connectivity index (χ3v) is 5.22. The molecule has 1 aromatic carbocycles. The molecule has 1 saturated heterocycles. The van der Waals surface area contributed by atoms with Crippen LogP contribution in [0.2, 0.25) is 0 Å². The predicted octanol–water partition coefficient (Wildman–Crippen LogP) is 2.72. The van der Waals surface area contributed by atoms with Crippen LogP contribution in [-0.2, 0) is 11.2 Å². The summed E-state index contributed by atoms with van der Waals surface area (Å²) in [6.45, 7) is 2.44. The molecule has 0 bridgehead atoms. The molecule has 3 rings (SSSR count). The van der Waals surface area contributed by atoms with E-state index in [1.807, 2.05) is 42.3 Å². The molecule has 2 amide bonds. The molecular weight excluding hydrogens is 423 g/mol. The van der Waals surface area contributed by atoms with E-state index in [9.17, 15) is 9.59 Å². The molecular formula is C22H30Cl2N4O2. The van der Waals surface area contributed by atoms with Gasteiger partial charge in [-0.2, -0.15) is 0 Å². The molecule has 8 heteroatoms. The summed E-state index contributed by atoms with van der Waals surface area (Å²) in [5, 5.41) is 6.16. The van der Waals surface area contributed by atoms with Crippen molar-refractivity contribution >= 4 is 36.6 Å². The van der Waals surface area contributed by atoms with Crippen molar-refractivity contribution < 1.29 is 9.59 Å². The molecule has 1 atom stereocenters. The Labute approximate surface area is 190 Å². The smallest absolute Gasteiger partial charge is 0.251 e. The lowest BCUT2D eigenvalue weighted by molar-refractivity contribution is -0.134. The minimum absolute atomic E-state index is 0. The number of nitrogens with one attached hydrogen (secondary N) is 2.